The van der Waals surface area contributed by atoms with Crippen molar-refractivity contribution >= 4 is 18.6 Å². The minimum atomic E-state index is -3.25. The Labute approximate surface area is 64.7 Å². The molecule has 0 amide bonds. The number of hydrogen-bond acceptors (Lipinski definition) is 2. The molecule has 0 heterocycles. The summed E-state index contributed by atoms with van der Waals surface area (Å²) >= 11 is 0.0428. The molecule has 0 unspecified atom stereocenters. The summed E-state index contributed by atoms with van der Waals surface area (Å²) in [5.74, 6) is 0. The number of rotatable bonds is 2. The zero-order chi connectivity index (χ0) is 6.78. The first-order valence-corrected chi connectivity index (χ1v) is 8.88. The molecule has 0 aromatic carbocycles. The van der Waals surface area contributed by atoms with Crippen LogP contribution in [0.3, 0.4) is 0 Å². The molecule has 0 aromatic heterocycles. The molecular formula is C2H3F2I2O2-. The van der Waals surface area contributed by atoms with Crippen LogP contribution in [0.4, 0.5) is 8.78 Å². The van der Waals surface area contributed by atoms with Gasteiger partial charge >= 0.3 is 65.1 Å². The summed E-state index contributed by atoms with van der Waals surface area (Å²) in [6.07, 6.45) is -2.48. The molecule has 0 aliphatic heterocycles. The second kappa shape index (κ2) is 3.42. The van der Waals surface area contributed by atoms with Crippen molar-refractivity contribution in [3.63, 3.8) is 0 Å². The molecule has 0 aliphatic carbocycles. The first-order valence-electron chi connectivity index (χ1n) is 1.51. The van der Waals surface area contributed by atoms with Crippen LogP contribution < -0.4 is 17.2 Å². The molecular weight excluding hydrogens is 348 g/mol. The van der Waals surface area contributed by atoms with Gasteiger partial charge in [-0.2, -0.15) is 0 Å². The molecule has 0 aromatic rings. The predicted molar refractivity (Wildman–Crippen MR) is 27.2 cm³/mol. The van der Waals surface area contributed by atoms with Crippen LogP contribution in [0.15, 0.2) is 0 Å². The third-order valence-electron chi connectivity index (χ3n) is 0.388. The molecule has 6 heteroatoms. The van der Waals surface area contributed by atoms with Crippen molar-refractivity contribution in [1.29, 1.82) is 0 Å². The van der Waals surface area contributed by atoms with Crippen LogP contribution >= 0.6 is 18.6 Å². The van der Waals surface area contributed by atoms with E-state index in [1.807, 2.05) is 0 Å². The van der Waals surface area contributed by atoms with E-state index in [-0.39, 0.29) is 0 Å². The molecule has 52 valence electrons. The number of halogens is 4. The molecule has 0 atom stereocenters. The fraction of sp³-hybridized carbons (Fsp3) is 1.00. The third-order valence-corrected chi connectivity index (χ3v) is 5.14. The zero-order valence-electron chi connectivity index (χ0n) is 3.48. The van der Waals surface area contributed by atoms with E-state index < -0.39 is 27.4 Å². The first kappa shape index (κ1) is 9.24. The van der Waals surface area contributed by atoms with Crippen LogP contribution in [0, 0.1) is 0 Å². The molecule has 0 spiro atoms. The SMILES string of the molecule is OC(O)C(F)(F)[I-]I. The maximum absolute atomic E-state index is 11.8. The number of aliphatic hydroxyl groups is 2. The Morgan fingerprint density at radius 2 is 1.88 bits per heavy atom. The van der Waals surface area contributed by atoms with E-state index in [9.17, 15) is 8.78 Å². The maximum atomic E-state index is 11.8. The fourth-order valence-corrected chi connectivity index (χ4v) is 1.66. The van der Waals surface area contributed by atoms with Gasteiger partial charge in [-0.05, 0) is 0 Å². The van der Waals surface area contributed by atoms with Gasteiger partial charge in [0.15, 0.2) is 0 Å². The third kappa shape index (κ3) is 2.69. The van der Waals surface area contributed by atoms with Crippen molar-refractivity contribution in [2.45, 2.75) is 10.2 Å². The Balaban J connectivity index is 3.71. The van der Waals surface area contributed by atoms with Crippen molar-refractivity contribution in [2.75, 3.05) is 0 Å². The Hall–Kier alpha value is 1.24. The van der Waals surface area contributed by atoms with Crippen LogP contribution in [-0.2, 0) is 0 Å². The van der Waals surface area contributed by atoms with Gasteiger partial charge in [-0.25, -0.2) is 0 Å². The molecule has 0 aliphatic rings. The van der Waals surface area contributed by atoms with Crippen LogP contribution in [-0.4, -0.2) is 20.4 Å². The van der Waals surface area contributed by atoms with Gasteiger partial charge in [0.05, 0.1) is 0 Å². The van der Waals surface area contributed by atoms with Crippen molar-refractivity contribution in [3.8, 4) is 0 Å². The van der Waals surface area contributed by atoms with Crippen LogP contribution in [0.1, 0.15) is 0 Å². The number of alkyl halides is 3. The Kier molecular flexibility index (Phi) is 3.95. The van der Waals surface area contributed by atoms with Crippen LogP contribution in [0.2, 0.25) is 0 Å². The van der Waals surface area contributed by atoms with E-state index in [1.165, 1.54) is 18.6 Å². The van der Waals surface area contributed by atoms with E-state index >= 15 is 0 Å². The zero-order valence-corrected chi connectivity index (χ0v) is 7.80. The molecule has 0 fully saturated rings. The van der Waals surface area contributed by atoms with Crippen molar-refractivity contribution < 1.29 is 36.2 Å². The second-order valence-electron chi connectivity index (χ2n) is 0.987. The molecule has 0 rings (SSSR count). The van der Waals surface area contributed by atoms with Gasteiger partial charge in [0, 0.05) is 0 Å². The molecule has 0 saturated heterocycles. The van der Waals surface area contributed by atoms with Crippen LogP contribution in [0.5, 0.6) is 0 Å². The average Bonchev–Trinajstić information content (AvgIpc) is 1.67. The van der Waals surface area contributed by atoms with Gasteiger partial charge in [-0.3, -0.25) is 0 Å². The number of hydrogen-bond donors (Lipinski definition) is 2. The summed E-state index contributed by atoms with van der Waals surface area (Å²) in [7, 11) is 0. The quantitative estimate of drug-likeness (QED) is 0.324. The van der Waals surface area contributed by atoms with E-state index in [2.05, 4.69) is 0 Å². The summed E-state index contributed by atoms with van der Waals surface area (Å²) in [4.78, 5) is 0. The molecule has 0 saturated carbocycles. The summed E-state index contributed by atoms with van der Waals surface area (Å²) < 4.78 is 20.4. The summed E-state index contributed by atoms with van der Waals surface area (Å²) in [6, 6.07) is 0. The van der Waals surface area contributed by atoms with Gasteiger partial charge in [-0.1, -0.05) is 0 Å². The van der Waals surface area contributed by atoms with Crippen molar-refractivity contribution in [3.05, 3.63) is 0 Å². The van der Waals surface area contributed by atoms with Gasteiger partial charge in [0.25, 0.3) is 0 Å². The minimum absolute atomic E-state index is 1.44. The van der Waals surface area contributed by atoms with E-state index in [0.717, 1.165) is 0 Å². The van der Waals surface area contributed by atoms with Gasteiger partial charge in [-0.15, -0.1) is 0 Å². The molecule has 0 radical (unpaired) electrons. The normalized spacial score (nSPS) is 13.2. The standard InChI is InChI=1S/C2H3F2I2O2/c3-2(4,6-5)1(7)8/h1,7-8H/q-1. The predicted octanol–water partition coefficient (Wildman–Crippen LogP) is -2.67. The Morgan fingerprint density at radius 1 is 1.50 bits per heavy atom. The molecule has 2 nitrogen and oxygen atoms in total. The molecule has 0 bridgehead atoms. The topological polar surface area (TPSA) is 40.5 Å². The second-order valence-corrected chi connectivity index (χ2v) is 5.57. The van der Waals surface area contributed by atoms with Crippen LogP contribution in [0.25, 0.3) is 0 Å². The Bertz CT molecular complexity index is 76.4. The summed E-state index contributed by atoms with van der Waals surface area (Å²) in [5.41, 5.74) is 0. The van der Waals surface area contributed by atoms with E-state index in [4.69, 9.17) is 10.2 Å². The molecule has 8 heavy (non-hydrogen) atoms. The fourth-order valence-electron chi connectivity index (χ4n) is 0.0369. The first-order chi connectivity index (χ1) is 3.50. The molecule has 2 N–H and O–H groups in total. The monoisotopic (exact) mass is 351 g/mol. The number of aliphatic hydroxyl groups excluding tert-OH is 1. The average molecular weight is 351 g/mol. The summed E-state index contributed by atoms with van der Waals surface area (Å²) in [6.45, 7) is 0. The van der Waals surface area contributed by atoms with Gasteiger partial charge < -0.3 is 0 Å². The van der Waals surface area contributed by atoms with Crippen molar-refractivity contribution in [2.24, 2.45) is 0 Å². The Morgan fingerprint density at radius 3 is 1.88 bits per heavy atom. The van der Waals surface area contributed by atoms with Gasteiger partial charge in [0.1, 0.15) is 0 Å². The summed E-state index contributed by atoms with van der Waals surface area (Å²) in [5, 5.41) is 15.8. The van der Waals surface area contributed by atoms with E-state index in [1.54, 1.807) is 0 Å². The van der Waals surface area contributed by atoms with E-state index in [0.29, 0.717) is 0 Å². The van der Waals surface area contributed by atoms with Crippen molar-refractivity contribution in [1.82, 2.24) is 0 Å². The van der Waals surface area contributed by atoms with Gasteiger partial charge in [0.2, 0.25) is 0 Å².